The molecule has 0 aromatic heterocycles. The summed E-state index contributed by atoms with van der Waals surface area (Å²) in [6, 6.07) is 5.17. The van der Waals surface area contributed by atoms with Gasteiger partial charge in [-0.3, -0.25) is 0 Å². The highest BCUT2D eigenvalue weighted by molar-refractivity contribution is 7.89. The van der Waals surface area contributed by atoms with E-state index < -0.39 is 10.0 Å². The van der Waals surface area contributed by atoms with E-state index in [-0.39, 0.29) is 10.9 Å². The van der Waals surface area contributed by atoms with Crippen LogP contribution in [0, 0.1) is 0 Å². The van der Waals surface area contributed by atoms with Gasteiger partial charge in [0.15, 0.2) is 0 Å². The zero-order valence-corrected chi connectivity index (χ0v) is 14.2. The van der Waals surface area contributed by atoms with Crippen LogP contribution in [0.2, 0.25) is 5.02 Å². The van der Waals surface area contributed by atoms with Crippen LogP contribution in [0.1, 0.15) is 12.5 Å². The molecule has 21 heavy (non-hydrogen) atoms. The lowest BCUT2D eigenvalue weighted by atomic mass is 10.2. The Labute approximate surface area is 131 Å². The van der Waals surface area contributed by atoms with Crippen LogP contribution in [0.4, 0.5) is 0 Å². The standard InChI is InChI=1S/C14H22ClN3O2S/c1-11-10-18(7-6-17(11)3)21(19,20)13-5-4-12(9-16-2)14(15)8-13/h4-5,8,11,16H,6-7,9-10H2,1-3H3. The molecule has 0 radical (unpaired) electrons. The monoisotopic (exact) mass is 331 g/mol. The fourth-order valence-electron chi connectivity index (χ4n) is 2.40. The molecule has 1 aromatic rings. The molecule has 1 saturated heterocycles. The molecule has 5 nitrogen and oxygen atoms in total. The highest BCUT2D eigenvalue weighted by Gasteiger charge is 2.31. The number of hydrogen-bond donors (Lipinski definition) is 1. The Morgan fingerprint density at radius 2 is 2.10 bits per heavy atom. The molecule has 0 saturated carbocycles. The molecule has 1 unspecified atom stereocenters. The van der Waals surface area contributed by atoms with Crippen LogP contribution in [0.5, 0.6) is 0 Å². The first-order valence-corrected chi connectivity index (χ1v) is 8.81. The Morgan fingerprint density at radius 1 is 1.38 bits per heavy atom. The van der Waals surface area contributed by atoms with E-state index in [1.165, 1.54) is 0 Å². The fraction of sp³-hybridized carbons (Fsp3) is 0.571. The highest BCUT2D eigenvalue weighted by Crippen LogP contribution is 2.24. The van der Waals surface area contributed by atoms with Crippen molar-refractivity contribution in [2.24, 2.45) is 0 Å². The second kappa shape index (κ2) is 6.62. The van der Waals surface area contributed by atoms with Gasteiger partial charge < -0.3 is 10.2 Å². The summed E-state index contributed by atoms with van der Waals surface area (Å²) in [5.41, 5.74) is 0.893. The summed E-state index contributed by atoms with van der Waals surface area (Å²) in [6.45, 7) is 4.41. The molecule has 0 aliphatic carbocycles. The third-order valence-corrected chi connectivity index (χ3v) is 6.16. The summed E-state index contributed by atoms with van der Waals surface area (Å²) in [4.78, 5) is 2.43. The lowest BCUT2D eigenvalue weighted by molar-refractivity contribution is 0.159. The van der Waals surface area contributed by atoms with Crippen molar-refractivity contribution in [3.8, 4) is 0 Å². The van der Waals surface area contributed by atoms with Crippen molar-refractivity contribution in [2.45, 2.75) is 24.4 Å². The maximum Gasteiger partial charge on any atom is 0.243 e. The molecule has 1 aromatic carbocycles. The number of hydrogen-bond acceptors (Lipinski definition) is 4. The number of benzene rings is 1. The summed E-state index contributed by atoms with van der Waals surface area (Å²) in [5.74, 6) is 0. The van der Waals surface area contributed by atoms with Crippen LogP contribution >= 0.6 is 11.6 Å². The van der Waals surface area contributed by atoms with Crippen molar-refractivity contribution < 1.29 is 8.42 Å². The molecule has 118 valence electrons. The predicted octanol–water partition coefficient (Wildman–Crippen LogP) is 1.38. The van der Waals surface area contributed by atoms with E-state index in [0.29, 0.717) is 24.7 Å². The van der Waals surface area contributed by atoms with Gasteiger partial charge in [0.05, 0.1) is 4.90 Å². The highest BCUT2D eigenvalue weighted by atomic mass is 35.5. The van der Waals surface area contributed by atoms with E-state index in [1.807, 2.05) is 21.0 Å². The van der Waals surface area contributed by atoms with E-state index >= 15 is 0 Å². The summed E-state index contributed by atoms with van der Waals surface area (Å²) in [7, 11) is 0.367. The Balaban J connectivity index is 2.25. The molecule has 1 fully saturated rings. The Bertz CT molecular complexity index is 606. The van der Waals surface area contributed by atoms with Crippen molar-refractivity contribution >= 4 is 21.6 Å². The minimum atomic E-state index is -3.47. The van der Waals surface area contributed by atoms with Crippen molar-refractivity contribution in [2.75, 3.05) is 33.7 Å². The normalized spacial score (nSPS) is 21.6. The Morgan fingerprint density at radius 3 is 2.67 bits per heavy atom. The molecule has 1 N–H and O–H groups in total. The summed E-state index contributed by atoms with van der Waals surface area (Å²) in [6.07, 6.45) is 0. The van der Waals surface area contributed by atoms with Gasteiger partial charge in [-0.05, 0) is 38.7 Å². The molecule has 2 rings (SSSR count). The van der Waals surface area contributed by atoms with Gasteiger partial charge in [-0.25, -0.2) is 8.42 Å². The molecule has 1 aliphatic rings. The van der Waals surface area contributed by atoms with E-state index in [2.05, 4.69) is 10.2 Å². The zero-order chi connectivity index (χ0) is 15.6. The molecule has 1 atom stereocenters. The molecular formula is C14H22ClN3O2S. The molecule has 1 aliphatic heterocycles. The van der Waals surface area contributed by atoms with Gasteiger partial charge in [0, 0.05) is 37.2 Å². The second-order valence-electron chi connectivity index (χ2n) is 5.48. The minimum Gasteiger partial charge on any atom is -0.316 e. The van der Waals surface area contributed by atoms with E-state index in [9.17, 15) is 8.42 Å². The van der Waals surface area contributed by atoms with Gasteiger partial charge in [0.1, 0.15) is 0 Å². The van der Waals surface area contributed by atoms with E-state index in [1.54, 1.807) is 22.5 Å². The summed E-state index contributed by atoms with van der Waals surface area (Å²) >= 11 is 6.17. The molecule has 0 spiro atoms. The van der Waals surface area contributed by atoms with Gasteiger partial charge in [-0.15, -0.1) is 0 Å². The maximum absolute atomic E-state index is 12.7. The third kappa shape index (κ3) is 3.57. The number of halogens is 1. The second-order valence-corrected chi connectivity index (χ2v) is 7.82. The summed E-state index contributed by atoms with van der Waals surface area (Å²) < 4.78 is 26.9. The first-order chi connectivity index (χ1) is 9.86. The number of rotatable bonds is 4. The Hall–Kier alpha value is -0.660. The lowest BCUT2D eigenvalue weighted by Gasteiger charge is -2.36. The van der Waals surface area contributed by atoms with Gasteiger partial charge >= 0.3 is 0 Å². The smallest absolute Gasteiger partial charge is 0.243 e. The van der Waals surface area contributed by atoms with Crippen molar-refractivity contribution in [1.82, 2.24) is 14.5 Å². The maximum atomic E-state index is 12.7. The minimum absolute atomic E-state index is 0.215. The first-order valence-electron chi connectivity index (χ1n) is 6.99. The van der Waals surface area contributed by atoms with Crippen LogP contribution in [0.3, 0.4) is 0 Å². The Kier molecular flexibility index (Phi) is 5.27. The first kappa shape index (κ1) is 16.7. The molecule has 7 heteroatoms. The van der Waals surface area contributed by atoms with Gasteiger partial charge in [0.2, 0.25) is 10.0 Å². The van der Waals surface area contributed by atoms with Gasteiger partial charge in [-0.1, -0.05) is 17.7 Å². The number of piperazine rings is 1. The summed E-state index contributed by atoms with van der Waals surface area (Å²) in [5, 5.41) is 3.49. The average molecular weight is 332 g/mol. The number of likely N-dealkylation sites (N-methyl/N-ethyl adjacent to an activating group) is 1. The number of nitrogens with zero attached hydrogens (tertiary/aromatic N) is 2. The van der Waals surface area contributed by atoms with Gasteiger partial charge in [-0.2, -0.15) is 4.31 Å². The van der Waals surface area contributed by atoms with E-state index in [4.69, 9.17) is 11.6 Å². The quantitative estimate of drug-likeness (QED) is 0.905. The topological polar surface area (TPSA) is 52.7 Å². The van der Waals surface area contributed by atoms with Crippen molar-refractivity contribution in [3.63, 3.8) is 0 Å². The zero-order valence-electron chi connectivity index (χ0n) is 12.6. The van der Waals surface area contributed by atoms with Gasteiger partial charge in [0.25, 0.3) is 0 Å². The molecular weight excluding hydrogens is 310 g/mol. The van der Waals surface area contributed by atoms with Crippen LogP contribution < -0.4 is 5.32 Å². The predicted molar refractivity (Wildman–Crippen MR) is 85.1 cm³/mol. The third-order valence-electron chi connectivity index (χ3n) is 3.95. The van der Waals surface area contributed by atoms with Crippen LogP contribution in [0.25, 0.3) is 0 Å². The van der Waals surface area contributed by atoms with Crippen LogP contribution in [-0.2, 0) is 16.6 Å². The number of sulfonamides is 1. The van der Waals surface area contributed by atoms with Crippen LogP contribution in [0.15, 0.2) is 23.1 Å². The SMILES string of the molecule is CNCc1ccc(S(=O)(=O)N2CCN(C)C(C)C2)cc1Cl. The lowest BCUT2D eigenvalue weighted by Crippen LogP contribution is -2.51. The molecule has 0 bridgehead atoms. The fourth-order valence-corrected chi connectivity index (χ4v) is 4.26. The number of nitrogens with one attached hydrogen (secondary N) is 1. The van der Waals surface area contributed by atoms with Crippen LogP contribution in [-0.4, -0.2) is 57.4 Å². The van der Waals surface area contributed by atoms with Crippen molar-refractivity contribution in [3.05, 3.63) is 28.8 Å². The van der Waals surface area contributed by atoms with E-state index in [0.717, 1.165) is 12.1 Å². The average Bonchev–Trinajstić information content (AvgIpc) is 2.44. The molecule has 0 amide bonds. The van der Waals surface area contributed by atoms with Crippen molar-refractivity contribution in [1.29, 1.82) is 0 Å². The molecule has 1 heterocycles. The largest absolute Gasteiger partial charge is 0.316 e.